The van der Waals surface area contributed by atoms with E-state index in [9.17, 15) is 9.59 Å². The van der Waals surface area contributed by atoms with Gasteiger partial charge in [-0.2, -0.15) is 0 Å². The zero-order valence-corrected chi connectivity index (χ0v) is 9.77. The molecule has 1 aromatic rings. The van der Waals surface area contributed by atoms with Crippen LogP contribution in [0.5, 0.6) is 0 Å². The molecular weight excluding hydrogens is 208 g/mol. The molecule has 0 aliphatic carbocycles. The van der Waals surface area contributed by atoms with Gasteiger partial charge in [0.05, 0.1) is 6.61 Å². The first kappa shape index (κ1) is 12.3. The Morgan fingerprint density at radius 2 is 2.12 bits per heavy atom. The van der Waals surface area contributed by atoms with E-state index >= 15 is 0 Å². The van der Waals surface area contributed by atoms with Gasteiger partial charge in [0.2, 0.25) is 5.91 Å². The van der Waals surface area contributed by atoms with E-state index in [1.807, 2.05) is 0 Å². The quantitative estimate of drug-likeness (QED) is 0.709. The van der Waals surface area contributed by atoms with Crippen molar-refractivity contribution in [2.75, 3.05) is 20.7 Å². The fourth-order valence-corrected chi connectivity index (χ4v) is 1.23. The predicted molar refractivity (Wildman–Crippen MR) is 59.1 cm³/mol. The highest BCUT2D eigenvalue weighted by molar-refractivity contribution is 5.88. The lowest BCUT2D eigenvalue weighted by Crippen LogP contribution is -2.27. The highest BCUT2D eigenvalue weighted by Crippen LogP contribution is 2.05. The molecule has 0 aliphatic heterocycles. The topological polar surface area (TPSA) is 51.5 Å². The molecule has 0 unspecified atom stereocenters. The summed E-state index contributed by atoms with van der Waals surface area (Å²) in [5.41, 5.74) is 0.400. The van der Waals surface area contributed by atoms with E-state index in [2.05, 4.69) is 0 Å². The number of rotatable bonds is 4. The first-order chi connectivity index (χ1) is 7.56. The van der Waals surface area contributed by atoms with Gasteiger partial charge in [0.1, 0.15) is 12.2 Å². The van der Waals surface area contributed by atoms with Gasteiger partial charge in [0.25, 0.3) is 0 Å². The van der Waals surface area contributed by atoms with Crippen LogP contribution in [0, 0.1) is 0 Å². The number of amides is 1. The molecule has 0 saturated heterocycles. The minimum atomic E-state index is -0.404. The van der Waals surface area contributed by atoms with Crippen LogP contribution in [0.3, 0.4) is 0 Å². The van der Waals surface area contributed by atoms with Crippen molar-refractivity contribution >= 4 is 11.9 Å². The molecule has 0 saturated carbocycles. The minimum absolute atomic E-state index is 0.0678. The second-order valence-electron chi connectivity index (χ2n) is 3.53. The second kappa shape index (κ2) is 5.34. The van der Waals surface area contributed by atoms with E-state index in [1.165, 1.54) is 4.90 Å². The third-order valence-corrected chi connectivity index (χ3v) is 2.12. The van der Waals surface area contributed by atoms with Crippen LogP contribution in [0.4, 0.5) is 0 Å². The summed E-state index contributed by atoms with van der Waals surface area (Å²) in [7, 11) is 3.35. The van der Waals surface area contributed by atoms with Crippen molar-refractivity contribution in [3.63, 3.8) is 0 Å². The molecule has 0 atom stereocenters. The molecule has 0 fully saturated rings. The first-order valence-corrected chi connectivity index (χ1v) is 5.08. The summed E-state index contributed by atoms with van der Waals surface area (Å²) in [6.45, 7) is 2.22. The Morgan fingerprint density at radius 3 is 2.69 bits per heavy atom. The van der Waals surface area contributed by atoms with Crippen LogP contribution in [0.2, 0.25) is 0 Å². The number of hydrogen-bond donors (Lipinski definition) is 0. The lowest BCUT2D eigenvalue weighted by Gasteiger charge is -2.12. The van der Waals surface area contributed by atoms with Gasteiger partial charge in [0, 0.05) is 20.3 Å². The normalized spacial score (nSPS) is 9.94. The van der Waals surface area contributed by atoms with Crippen LogP contribution < -0.4 is 0 Å². The lowest BCUT2D eigenvalue weighted by atomic mass is 10.4. The fourth-order valence-electron chi connectivity index (χ4n) is 1.23. The molecule has 5 heteroatoms. The number of carbonyl (C=O) groups is 2. The van der Waals surface area contributed by atoms with E-state index in [0.29, 0.717) is 12.3 Å². The number of hydrogen-bond acceptors (Lipinski definition) is 3. The van der Waals surface area contributed by atoms with Gasteiger partial charge in [-0.05, 0) is 19.1 Å². The maximum atomic E-state index is 11.5. The van der Waals surface area contributed by atoms with E-state index in [1.54, 1.807) is 43.9 Å². The molecule has 0 N–H and O–H groups in total. The Kier molecular flexibility index (Phi) is 4.10. The van der Waals surface area contributed by atoms with Crippen molar-refractivity contribution in [2.24, 2.45) is 0 Å². The highest BCUT2D eigenvalue weighted by Gasteiger charge is 2.14. The summed E-state index contributed by atoms with van der Waals surface area (Å²) in [6, 6.07) is 3.36. The van der Waals surface area contributed by atoms with E-state index < -0.39 is 5.97 Å². The zero-order chi connectivity index (χ0) is 12.1. The number of esters is 1. The maximum Gasteiger partial charge on any atom is 0.354 e. The summed E-state index contributed by atoms with van der Waals surface area (Å²) >= 11 is 0. The maximum absolute atomic E-state index is 11.5. The average Bonchev–Trinajstić information content (AvgIpc) is 2.66. The Morgan fingerprint density at radius 1 is 1.44 bits per heavy atom. The minimum Gasteiger partial charge on any atom is -0.461 e. The molecule has 0 aromatic carbocycles. The first-order valence-electron chi connectivity index (χ1n) is 5.08. The highest BCUT2D eigenvalue weighted by atomic mass is 16.5. The van der Waals surface area contributed by atoms with E-state index in [-0.39, 0.29) is 12.5 Å². The van der Waals surface area contributed by atoms with Crippen molar-refractivity contribution in [1.29, 1.82) is 0 Å². The molecule has 0 aliphatic rings. The number of ether oxygens (including phenoxy) is 1. The van der Waals surface area contributed by atoms with Crippen molar-refractivity contribution in [2.45, 2.75) is 13.5 Å². The lowest BCUT2D eigenvalue weighted by molar-refractivity contribution is -0.129. The van der Waals surface area contributed by atoms with Gasteiger partial charge < -0.3 is 14.2 Å². The molecule has 5 nitrogen and oxygen atoms in total. The summed E-state index contributed by atoms with van der Waals surface area (Å²) < 4.78 is 6.47. The standard InChI is InChI=1S/C11H16N2O3/c1-4-16-11(15)9-6-5-7-13(9)8-10(14)12(2)3/h5-7H,4,8H2,1-3H3. The Bertz CT molecular complexity index is 382. The summed E-state index contributed by atoms with van der Waals surface area (Å²) in [5, 5.41) is 0. The van der Waals surface area contributed by atoms with Gasteiger partial charge in [-0.15, -0.1) is 0 Å². The SMILES string of the molecule is CCOC(=O)c1cccn1CC(=O)N(C)C. The van der Waals surface area contributed by atoms with Gasteiger partial charge in [-0.25, -0.2) is 4.79 Å². The molecule has 0 radical (unpaired) electrons. The average molecular weight is 224 g/mol. The summed E-state index contributed by atoms with van der Waals surface area (Å²) in [6.07, 6.45) is 1.69. The Balaban J connectivity index is 2.78. The largest absolute Gasteiger partial charge is 0.461 e. The monoisotopic (exact) mass is 224 g/mol. The van der Waals surface area contributed by atoms with E-state index in [0.717, 1.165) is 0 Å². The van der Waals surface area contributed by atoms with Crippen LogP contribution in [-0.4, -0.2) is 42.0 Å². The predicted octanol–water partition coefficient (Wildman–Crippen LogP) is 0.753. The van der Waals surface area contributed by atoms with Gasteiger partial charge in [-0.1, -0.05) is 0 Å². The number of likely N-dealkylation sites (N-methyl/N-ethyl adjacent to an activating group) is 1. The third kappa shape index (κ3) is 2.85. The van der Waals surface area contributed by atoms with Crippen LogP contribution in [0.1, 0.15) is 17.4 Å². The van der Waals surface area contributed by atoms with Crippen molar-refractivity contribution in [3.8, 4) is 0 Å². The Hall–Kier alpha value is -1.78. The molecule has 88 valence electrons. The zero-order valence-electron chi connectivity index (χ0n) is 9.77. The molecule has 0 spiro atoms. The van der Waals surface area contributed by atoms with Gasteiger partial charge >= 0.3 is 5.97 Å². The summed E-state index contributed by atoms with van der Waals surface area (Å²) in [5.74, 6) is -0.471. The van der Waals surface area contributed by atoms with Crippen LogP contribution in [0.15, 0.2) is 18.3 Å². The Labute approximate surface area is 94.6 Å². The summed E-state index contributed by atoms with van der Waals surface area (Å²) in [4.78, 5) is 24.5. The number of carbonyl (C=O) groups excluding carboxylic acids is 2. The van der Waals surface area contributed by atoms with E-state index in [4.69, 9.17) is 4.74 Å². The third-order valence-electron chi connectivity index (χ3n) is 2.12. The van der Waals surface area contributed by atoms with Gasteiger partial charge in [0.15, 0.2) is 0 Å². The van der Waals surface area contributed by atoms with Crippen LogP contribution >= 0.6 is 0 Å². The van der Waals surface area contributed by atoms with Crippen molar-refractivity contribution < 1.29 is 14.3 Å². The smallest absolute Gasteiger partial charge is 0.354 e. The molecule has 1 heterocycles. The molecule has 1 aromatic heterocycles. The molecular formula is C11H16N2O3. The van der Waals surface area contributed by atoms with Crippen molar-refractivity contribution in [3.05, 3.63) is 24.0 Å². The molecule has 1 amide bonds. The van der Waals surface area contributed by atoms with Crippen LogP contribution in [-0.2, 0) is 16.1 Å². The van der Waals surface area contributed by atoms with Gasteiger partial charge in [-0.3, -0.25) is 4.79 Å². The number of aromatic nitrogens is 1. The fraction of sp³-hybridized carbons (Fsp3) is 0.455. The molecule has 1 rings (SSSR count). The molecule has 16 heavy (non-hydrogen) atoms. The number of nitrogens with zero attached hydrogens (tertiary/aromatic N) is 2. The van der Waals surface area contributed by atoms with Crippen LogP contribution in [0.25, 0.3) is 0 Å². The second-order valence-corrected chi connectivity index (χ2v) is 3.53. The molecule has 0 bridgehead atoms. The van der Waals surface area contributed by atoms with Crippen molar-refractivity contribution in [1.82, 2.24) is 9.47 Å².